The molecule has 1 amide bonds. The number of ether oxygens (including phenoxy) is 1. The normalized spacial score (nSPS) is 14.4. The van der Waals surface area contributed by atoms with Crippen molar-refractivity contribution in [3.05, 3.63) is 23.5 Å². The van der Waals surface area contributed by atoms with Gasteiger partial charge in [0, 0.05) is 0 Å². The molecule has 1 N–H and O–H groups in total. The first-order chi connectivity index (χ1) is 7.56. The van der Waals surface area contributed by atoms with E-state index in [0.717, 1.165) is 12.0 Å². The lowest BCUT2D eigenvalue weighted by atomic mass is 10.0. The molecule has 4 heteroatoms. The summed E-state index contributed by atoms with van der Waals surface area (Å²) in [4.78, 5) is 11.1. The highest BCUT2D eigenvalue weighted by Crippen LogP contribution is 2.32. The Balaban J connectivity index is 2.35. The van der Waals surface area contributed by atoms with Gasteiger partial charge in [0.1, 0.15) is 0 Å². The van der Waals surface area contributed by atoms with Gasteiger partial charge in [-0.05, 0) is 30.0 Å². The van der Waals surface area contributed by atoms with E-state index in [2.05, 4.69) is 19.2 Å². The molecule has 1 aromatic rings. The van der Waals surface area contributed by atoms with Gasteiger partial charge in [-0.1, -0.05) is 13.8 Å². The molecule has 3 nitrogen and oxygen atoms in total. The molecule has 0 saturated heterocycles. The topological polar surface area (TPSA) is 38.3 Å². The SMILES string of the molecule is CC(C)Cc1cc(F)c2c(c1)NC(=O)CO2. The highest BCUT2D eigenvalue weighted by atomic mass is 19.1. The molecule has 0 bridgehead atoms. The molecule has 0 spiro atoms. The lowest BCUT2D eigenvalue weighted by molar-refractivity contribution is -0.118. The maximum atomic E-state index is 13.6. The Kier molecular flexibility index (Phi) is 2.81. The second kappa shape index (κ2) is 4.12. The van der Waals surface area contributed by atoms with Crippen LogP contribution in [-0.2, 0) is 11.2 Å². The molecule has 0 atom stereocenters. The van der Waals surface area contributed by atoms with Crippen LogP contribution in [0.5, 0.6) is 5.75 Å². The van der Waals surface area contributed by atoms with Crippen LogP contribution in [0.2, 0.25) is 0 Å². The Bertz CT molecular complexity index is 429. The van der Waals surface area contributed by atoms with Crippen LogP contribution in [0.3, 0.4) is 0 Å². The summed E-state index contributed by atoms with van der Waals surface area (Å²) in [5, 5.41) is 2.61. The Morgan fingerprint density at radius 2 is 2.25 bits per heavy atom. The Labute approximate surface area is 93.6 Å². The van der Waals surface area contributed by atoms with E-state index >= 15 is 0 Å². The fraction of sp³-hybridized carbons (Fsp3) is 0.417. The summed E-state index contributed by atoms with van der Waals surface area (Å²) >= 11 is 0. The third kappa shape index (κ3) is 2.15. The third-order valence-corrected chi connectivity index (χ3v) is 2.37. The number of anilines is 1. The first-order valence-electron chi connectivity index (χ1n) is 5.31. The minimum atomic E-state index is -0.409. The van der Waals surface area contributed by atoms with Crippen LogP contribution in [0.25, 0.3) is 0 Å². The standard InChI is InChI=1S/C12H14FNO2/c1-7(2)3-8-4-9(13)12-10(5-8)14-11(15)6-16-12/h4-5,7H,3,6H2,1-2H3,(H,14,15). The zero-order valence-electron chi connectivity index (χ0n) is 9.34. The van der Waals surface area contributed by atoms with Crippen molar-refractivity contribution in [3.63, 3.8) is 0 Å². The molecule has 1 aromatic carbocycles. The minimum Gasteiger partial charge on any atom is -0.478 e. The first kappa shape index (κ1) is 10.9. The van der Waals surface area contributed by atoms with E-state index in [-0.39, 0.29) is 18.3 Å². The number of fused-ring (bicyclic) bond motifs is 1. The zero-order valence-corrected chi connectivity index (χ0v) is 9.34. The summed E-state index contributed by atoms with van der Waals surface area (Å²) < 4.78 is 18.7. The molecule has 16 heavy (non-hydrogen) atoms. The third-order valence-electron chi connectivity index (χ3n) is 2.37. The van der Waals surface area contributed by atoms with Gasteiger partial charge in [-0.25, -0.2) is 4.39 Å². The zero-order chi connectivity index (χ0) is 11.7. The van der Waals surface area contributed by atoms with Crippen molar-refractivity contribution in [2.24, 2.45) is 5.92 Å². The van der Waals surface area contributed by atoms with Gasteiger partial charge >= 0.3 is 0 Å². The molecule has 0 radical (unpaired) electrons. The van der Waals surface area contributed by atoms with Crippen LogP contribution in [0.1, 0.15) is 19.4 Å². The van der Waals surface area contributed by atoms with Gasteiger partial charge in [-0.2, -0.15) is 0 Å². The van der Waals surface area contributed by atoms with E-state index in [0.29, 0.717) is 11.6 Å². The Hall–Kier alpha value is -1.58. The number of rotatable bonds is 2. The molecule has 0 unspecified atom stereocenters. The number of benzene rings is 1. The second-order valence-electron chi connectivity index (χ2n) is 4.39. The minimum absolute atomic E-state index is 0.118. The van der Waals surface area contributed by atoms with Crippen molar-refractivity contribution in [1.82, 2.24) is 0 Å². The van der Waals surface area contributed by atoms with Gasteiger partial charge in [-0.15, -0.1) is 0 Å². The molecule has 1 aliphatic heterocycles. The van der Waals surface area contributed by atoms with E-state index < -0.39 is 5.82 Å². The van der Waals surface area contributed by atoms with Crippen LogP contribution in [0.4, 0.5) is 10.1 Å². The Morgan fingerprint density at radius 1 is 1.50 bits per heavy atom. The van der Waals surface area contributed by atoms with Gasteiger partial charge in [0.15, 0.2) is 18.2 Å². The molecule has 1 heterocycles. The van der Waals surface area contributed by atoms with Crippen molar-refractivity contribution >= 4 is 11.6 Å². The smallest absolute Gasteiger partial charge is 0.262 e. The highest BCUT2D eigenvalue weighted by molar-refractivity contribution is 5.95. The van der Waals surface area contributed by atoms with E-state index in [1.165, 1.54) is 6.07 Å². The predicted octanol–water partition coefficient (Wildman–Crippen LogP) is 2.36. The lowest BCUT2D eigenvalue weighted by Gasteiger charge is -2.19. The summed E-state index contributed by atoms with van der Waals surface area (Å²) in [5.74, 6) is -0.0634. The molecular weight excluding hydrogens is 209 g/mol. The van der Waals surface area contributed by atoms with Crippen molar-refractivity contribution in [1.29, 1.82) is 0 Å². The monoisotopic (exact) mass is 223 g/mol. The maximum Gasteiger partial charge on any atom is 0.262 e. The predicted molar refractivity (Wildman–Crippen MR) is 59.1 cm³/mol. The molecular formula is C12H14FNO2. The fourth-order valence-corrected chi connectivity index (χ4v) is 1.80. The average Bonchev–Trinajstić information content (AvgIpc) is 2.15. The van der Waals surface area contributed by atoms with Crippen LogP contribution in [-0.4, -0.2) is 12.5 Å². The number of carbonyl (C=O) groups excluding carboxylic acids is 1. The molecule has 86 valence electrons. The van der Waals surface area contributed by atoms with Gasteiger partial charge < -0.3 is 10.1 Å². The summed E-state index contributed by atoms with van der Waals surface area (Å²) in [7, 11) is 0. The van der Waals surface area contributed by atoms with Crippen molar-refractivity contribution in [2.75, 3.05) is 11.9 Å². The van der Waals surface area contributed by atoms with Gasteiger partial charge in [0.05, 0.1) is 5.69 Å². The molecule has 1 aliphatic rings. The summed E-state index contributed by atoms with van der Waals surface area (Å²) in [5.41, 5.74) is 1.31. The van der Waals surface area contributed by atoms with E-state index in [1.807, 2.05) is 0 Å². The second-order valence-corrected chi connectivity index (χ2v) is 4.39. The molecule has 0 fully saturated rings. The quantitative estimate of drug-likeness (QED) is 0.835. The van der Waals surface area contributed by atoms with Gasteiger partial charge in [-0.3, -0.25) is 4.79 Å². The number of amides is 1. The van der Waals surface area contributed by atoms with E-state index in [4.69, 9.17) is 4.74 Å². The fourth-order valence-electron chi connectivity index (χ4n) is 1.80. The van der Waals surface area contributed by atoms with Crippen molar-refractivity contribution < 1.29 is 13.9 Å². The molecule has 0 saturated carbocycles. The highest BCUT2D eigenvalue weighted by Gasteiger charge is 2.20. The summed E-state index contributed by atoms with van der Waals surface area (Å²) in [6.07, 6.45) is 0.778. The molecule has 0 aliphatic carbocycles. The molecule has 0 aromatic heterocycles. The van der Waals surface area contributed by atoms with Gasteiger partial charge in [0.2, 0.25) is 0 Å². The largest absolute Gasteiger partial charge is 0.478 e. The molecule has 2 rings (SSSR count). The first-order valence-corrected chi connectivity index (χ1v) is 5.31. The number of halogens is 1. The number of carbonyl (C=O) groups is 1. The van der Waals surface area contributed by atoms with Crippen molar-refractivity contribution in [3.8, 4) is 5.75 Å². The van der Waals surface area contributed by atoms with E-state index in [9.17, 15) is 9.18 Å². The van der Waals surface area contributed by atoms with Crippen LogP contribution >= 0.6 is 0 Å². The van der Waals surface area contributed by atoms with E-state index in [1.54, 1.807) is 6.07 Å². The van der Waals surface area contributed by atoms with Crippen LogP contribution < -0.4 is 10.1 Å². The Morgan fingerprint density at radius 3 is 2.94 bits per heavy atom. The number of nitrogens with one attached hydrogen (secondary N) is 1. The number of hydrogen-bond donors (Lipinski definition) is 1. The van der Waals surface area contributed by atoms with Crippen LogP contribution in [0, 0.1) is 11.7 Å². The average molecular weight is 223 g/mol. The number of hydrogen-bond acceptors (Lipinski definition) is 2. The van der Waals surface area contributed by atoms with Crippen LogP contribution in [0.15, 0.2) is 12.1 Å². The van der Waals surface area contributed by atoms with Gasteiger partial charge in [0.25, 0.3) is 5.91 Å². The maximum absolute atomic E-state index is 13.6. The van der Waals surface area contributed by atoms with Crippen molar-refractivity contribution in [2.45, 2.75) is 20.3 Å². The lowest BCUT2D eigenvalue weighted by Crippen LogP contribution is -2.26. The summed E-state index contributed by atoms with van der Waals surface area (Å²) in [6, 6.07) is 3.24. The summed E-state index contributed by atoms with van der Waals surface area (Å²) in [6.45, 7) is 4.01.